The van der Waals surface area contributed by atoms with Crippen molar-refractivity contribution in [1.82, 2.24) is 0 Å². The second kappa shape index (κ2) is 6.94. The normalized spacial score (nSPS) is 10.4. The van der Waals surface area contributed by atoms with Gasteiger partial charge in [0, 0.05) is 23.5 Å². The van der Waals surface area contributed by atoms with E-state index < -0.39 is 11.8 Å². The molecule has 0 aliphatic rings. The first-order valence-corrected chi connectivity index (χ1v) is 6.41. The predicted molar refractivity (Wildman–Crippen MR) is 82.6 cm³/mol. The van der Waals surface area contributed by atoms with Crippen molar-refractivity contribution in [3.05, 3.63) is 60.7 Å². The van der Waals surface area contributed by atoms with Crippen molar-refractivity contribution in [3.63, 3.8) is 0 Å². The summed E-state index contributed by atoms with van der Waals surface area (Å²) in [4.78, 5) is 23.3. The minimum Gasteiger partial charge on any atom is -0.508 e. The molecule has 0 saturated heterocycles. The predicted octanol–water partition coefficient (Wildman–Crippen LogP) is 2.23. The molecule has 22 heavy (non-hydrogen) atoms. The van der Waals surface area contributed by atoms with Gasteiger partial charge in [-0.15, -0.1) is 0 Å². The molecule has 0 fully saturated rings. The molecular weight excluding hydrogens is 284 g/mol. The summed E-state index contributed by atoms with van der Waals surface area (Å²) in [5, 5.41) is 23.3. The maximum atomic E-state index is 11.6. The van der Waals surface area contributed by atoms with Crippen molar-refractivity contribution >= 4 is 23.2 Å². The average Bonchev–Trinajstić information content (AvgIpc) is 2.50. The Hall–Kier alpha value is -3.28. The number of nitrogens with one attached hydrogen (secondary N) is 2. The molecule has 112 valence electrons. The van der Waals surface area contributed by atoms with Crippen molar-refractivity contribution in [3.8, 4) is 11.5 Å². The van der Waals surface area contributed by atoms with E-state index in [-0.39, 0.29) is 11.5 Å². The number of phenolic OH excluding ortho intramolecular Hbond substituents is 2. The third-order valence-corrected chi connectivity index (χ3v) is 2.66. The molecule has 0 bridgehead atoms. The number of benzene rings is 2. The van der Waals surface area contributed by atoms with Crippen LogP contribution in [-0.4, -0.2) is 22.0 Å². The first-order valence-electron chi connectivity index (χ1n) is 6.41. The summed E-state index contributed by atoms with van der Waals surface area (Å²) in [6.07, 6.45) is 2.20. The Labute approximate surface area is 126 Å². The van der Waals surface area contributed by atoms with Gasteiger partial charge < -0.3 is 20.8 Å². The Morgan fingerprint density at radius 3 is 1.32 bits per heavy atom. The highest BCUT2D eigenvalue weighted by Gasteiger charge is 2.01. The summed E-state index contributed by atoms with van der Waals surface area (Å²) in [7, 11) is 0. The van der Waals surface area contributed by atoms with Crippen LogP contribution in [0.15, 0.2) is 60.7 Å². The lowest BCUT2D eigenvalue weighted by Crippen LogP contribution is -2.11. The van der Waals surface area contributed by atoms with Gasteiger partial charge in [-0.1, -0.05) is 0 Å². The first kappa shape index (κ1) is 15.1. The molecule has 0 aliphatic heterocycles. The molecule has 4 N–H and O–H groups in total. The molecule has 0 atom stereocenters. The Morgan fingerprint density at radius 2 is 1.00 bits per heavy atom. The van der Waals surface area contributed by atoms with Gasteiger partial charge in [0.1, 0.15) is 11.5 Å². The number of hydrogen-bond acceptors (Lipinski definition) is 4. The second-order valence-corrected chi connectivity index (χ2v) is 4.41. The molecule has 2 amide bonds. The zero-order valence-corrected chi connectivity index (χ0v) is 11.5. The highest BCUT2D eigenvalue weighted by atomic mass is 16.3. The maximum absolute atomic E-state index is 11.6. The van der Waals surface area contributed by atoms with Gasteiger partial charge in [0.2, 0.25) is 11.8 Å². The van der Waals surface area contributed by atoms with Gasteiger partial charge in [0.25, 0.3) is 0 Å². The lowest BCUT2D eigenvalue weighted by molar-refractivity contribution is -0.114. The summed E-state index contributed by atoms with van der Waals surface area (Å²) in [6, 6.07) is 11.9. The van der Waals surface area contributed by atoms with Crippen LogP contribution >= 0.6 is 0 Å². The quantitative estimate of drug-likeness (QED) is 0.514. The third-order valence-electron chi connectivity index (χ3n) is 2.66. The van der Waals surface area contributed by atoms with Crippen molar-refractivity contribution in [2.24, 2.45) is 0 Å². The molecule has 0 aliphatic carbocycles. The minimum atomic E-state index is -0.466. The van der Waals surface area contributed by atoms with Gasteiger partial charge in [0.05, 0.1) is 0 Å². The molecule has 0 aromatic heterocycles. The summed E-state index contributed by atoms with van der Waals surface area (Å²) >= 11 is 0. The lowest BCUT2D eigenvalue weighted by atomic mass is 10.3. The first-order chi connectivity index (χ1) is 10.5. The van der Waals surface area contributed by atoms with Crippen LogP contribution in [0.25, 0.3) is 0 Å². The molecule has 0 heterocycles. The van der Waals surface area contributed by atoms with Crippen LogP contribution in [0.1, 0.15) is 0 Å². The fourth-order valence-electron chi connectivity index (χ4n) is 1.61. The Morgan fingerprint density at radius 1 is 0.682 bits per heavy atom. The topological polar surface area (TPSA) is 98.7 Å². The fourth-order valence-corrected chi connectivity index (χ4v) is 1.61. The second-order valence-electron chi connectivity index (χ2n) is 4.41. The van der Waals surface area contributed by atoms with E-state index in [2.05, 4.69) is 10.6 Å². The Bertz CT molecular complexity index is 630. The summed E-state index contributed by atoms with van der Waals surface area (Å²) in [5.41, 5.74) is 1.01. The zero-order valence-electron chi connectivity index (χ0n) is 11.5. The minimum absolute atomic E-state index is 0.0989. The lowest BCUT2D eigenvalue weighted by Gasteiger charge is -2.03. The molecule has 0 saturated carbocycles. The monoisotopic (exact) mass is 298 g/mol. The number of aromatic hydroxyl groups is 2. The van der Waals surface area contributed by atoms with E-state index >= 15 is 0 Å². The van der Waals surface area contributed by atoms with E-state index in [9.17, 15) is 9.59 Å². The highest BCUT2D eigenvalue weighted by Crippen LogP contribution is 2.14. The fraction of sp³-hybridized carbons (Fsp3) is 0. The standard InChI is InChI=1S/C16H14N2O4/c19-13-5-1-11(2-6-13)17-15(21)9-10-16(22)18-12-3-7-14(20)8-4-12/h1-10,19-20H,(H,17,21)(H,18,22)/b10-9+. The number of rotatable bonds is 4. The van der Waals surface area contributed by atoms with E-state index in [1.807, 2.05) is 0 Å². The summed E-state index contributed by atoms with van der Waals surface area (Å²) in [5.74, 6) is -0.735. The molecule has 0 unspecified atom stereocenters. The Balaban J connectivity index is 1.87. The van der Waals surface area contributed by atoms with Crippen LogP contribution < -0.4 is 10.6 Å². The number of carbonyl (C=O) groups is 2. The summed E-state index contributed by atoms with van der Waals surface area (Å²) in [6.45, 7) is 0. The number of amides is 2. The molecule has 2 aromatic carbocycles. The molecule has 2 rings (SSSR count). The average molecular weight is 298 g/mol. The van der Waals surface area contributed by atoms with E-state index in [1.165, 1.54) is 48.5 Å². The molecule has 6 heteroatoms. The molecule has 6 nitrogen and oxygen atoms in total. The van der Waals surface area contributed by atoms with Gasteiger partial charge >= 0.3 is 0 Å². The van der Waals surface area contributed by atoms with E-state index in [0.29, 0.717) is 11.4 Å². The number of hydrogen-bond donors (Lipinski definition) is 4. The van der Waals surface area contributed by atoms with Crippen LogP contribution in [0.3, 0.4) is 0 Å². The number of phenols is 2. The highest BCUT2D eigenvalue weighted by molar-refractivity contribution is 6.06. The van der Waals surface area contributed by atoms with Crippen LogP contribution in [0.2, 0.25) is 0 Å². The van der Waals surface area contributed by atoms with E-state index in [1.54, 1.807) is 0 Å². The molecule has 0 spiro atoms. The van der Waals surface area contributed by atoms with Crippen molar-refractivity contribution in [1.29, 1.82) is 0 Å². The van der Waals surface area contributed by atoms with Gasteiger partial charge in [0.15, 0.2) is 0 Å². The van der Waals surface area contributed by atoms with Gasteiger partial charge in [-0.25, -0.2) is 0 Å². The SMILES string of the molecule is O=C(/C=C/C(=O)Nc1ccc(O)cc1)Nc1ccc(O)cc1. The van der Waals surface area contributed by atoms with Gasteiger partial charge in [-0.3, -0.25) is 9.59 Å². The van der Waals surface area contributed by atoms with Crippen molar-refractivity contribution in [2.75, 3.05) is 10.6 Å². The zero-order chi connectivity index (χ0) is 15.9. The largest absolute Gasteiger partial charge is 0.508 e. The number of anilines is 2. The van der Waals surface area contributed by atoms with Crippen LogP contribution in [0.5, 0.6) is 11.5 Å². The van der Waals surface area contributed by atoms with E-state index in [0.717, 1.165) is 12.2 Å². The maximum Gasteiger partial charge on any atom is 0.248 e. The molecule has 0 radical (unpaired) electrons. The van der Waals surface area contributed by atoms with Crippen molar-refractivity contribution < 1.29 is 19.8 Å². The summed E-state index contributed by atoms with van der Waals surface area (Å²) < 4.78 is 0. The molecule has 2 aromatic rings. The van der Waals surface area contributed by atoms with Gasteiger partial charge in [-0.2, -0.15) is 0 Å². The molecular formula is C16H14N2O4. The van der Waals surface area contributed by atoms with Crippen molar-refractivity contribution in [2.45, 2.75) is 0 Å². The van der Waals surface area contributed by atoms with Gasteiger partial charge in [-0.05, 0) is 48.5 Å². The smallest absolute Gasteiger partial charge is 0.248 e. The third kappa shape index (κ3) is 4.68. The van der Waals surface area contributed by atoms with Crippen LogP contribution in [-0.2, 0) is 9.59 Å². The van der Waals surface area contributed by atoms with Crippen LogP contribution in [0, 0.1) is 0 Å². The Kier molecular flexibility index (Phi) is 4.77. The van der Waals surface area contributed by atoms with Crippen LogP contribution in [0.4, 0.5) is 11.4 Å². The number of carbonyl (C=O) groups excluding carboxylic acids is 2. The van der Waals surface area contributed by atoms with E-state index in [4.69, 9.17) is 10.2 Å².